The highest BCUT2D eigenvalue weighted by molar-refractivity contribution is 6.99. The minimum atomic E-state index is -2.82. The van der Waals surface area contributed by atoms with Gasteiger partial charge in [-0.1, -0.05) is 129 Å². The zero-order valence-corrected chi connectivity index (χ0v) is 29.6. The van der Waals surface area contributed by atoms with E-state index >= 15 is 0 Å². The topological polar surface area (TPSA) is 57.2 Å². The highest BCUT2D eigenvalue weighted by Crippen LogP contribution is 2.48. The van der Waals surface area contributed by atoms with Crippen molar-refractivity contribution in [1.29, 1.82) is 0 Å². The lowest BCUT2D eigenvalue weighted by Crippen LogP contribution is -2.67. The number of ether oxygens (including phenoxy) is 2. The zero-order chi connectivity index (χ0) is 31.4. The maximum absolute atomic E-state index is 11.1. The average molecular weight is 621 g/mol. The van der Waals surface area contributed by atoms with Gasteiger partial charge in [0.15, 0.2) is 11.5 Å². The summed E-state index contributed by atoms with van der Waals surface area (Å²) in [6.45, 7) is 21.2. The van der Waals surface area contributed by atoms with E-state index in [9.17, 15) is 5.11 Å². The molecule has 0 radical (unpaired) electrons. The molecule has 1 aliphatic rings. The van der Waals surface area contributed by atoms with Crippen molar-refractivity contribution in [2.75, 3.05) is 20.0 Å². The maximum Gasteiger partial charge on any atom is 0.261 e. The molecular weight excluding hydrogens is 569 g/mol. The van der Waals surface area contributed by atoms with Crippen molar-refractivity contribution in [2.24, 2.45) is 5.92 Å². The predicted molar refractivity (Wildman–Crippen MR) is 182 cm³/mol. The van der Waals surface area contributed by atoms with Gasteiger partial charge in [-0.25, -0.2) is 0 Å². The standard InChI is InChI=1S/C36H52O5Si2/c1-26(2)42(27(3)4,28(5)6)41-35(29-20-21-33-34(22-29)39-25-38-33)30(23-37)24-40-43(36(7,8)9,31-16-12-10-13-17-31)32-18-14-11-15-19-32/h10-22,26-28,30,35,37H,23-25H2,1-9H3/t30-,35+/m0/s1. The first-order valence-electron chi connectivity index (χ1n) is 15.8. The molecule has 0 amide bonds. The summed E-state index contributed by atoms with van der Waals surface area (Å²) in [5.41, 5.74) is 2.16. The molecule has 1 aliphatic heterocycles. The Morgan fingerprint density at radius 3 is 1.72 bits per heavy atom. The van der Waals surface area contributed by atoms with Crippen molar-refractivity contribution >= 4 is 27.0 Å². The van der Waals surface area contributed by atoms with Gasteiger partial charge in [-0.05, 0) is 49.7 Å². The van der Waals surface area contributed by atoms with E-state index in [0.717, 1.165) is 17.1 Å². The van der Waals surface area contributed by atoms with Gasteiger partial charge in [0.2, 0.25) is 15.1 Å². The van der Waals surface area contributed by atoms with Crippen molar-refractivity contribution < 1.29 is 23.4 Å². The molecule has 0 saturated heterocycles. The molecule has 7 heteroatoms. The van der Waals surface area contributed by atoms with Crippen molar-refractivity contribution in [1.82, 2.24) is 0 Å². The molecule has 1 N–H and O–H groups in total. The fourth-order valence-corrected chi connectivity index (χ4v) is 17.6. The normalized spacial score (nSPS) is 15.4. The summed E-state index contributed by atoms with van der Waals surface area (Å²) < 4.78 is 26.3. The molecule has 5 nitrogen and oxygen atoms in total. The van der Waals surface area contributed by atoms with Crippen LogP contribution in [-0.2, 0) is 8.85 Å². The van der Waals surface area contributed by atoms with Gasteiger partial charge in [-0.2, -0.15) is 0 Å². The van der Waals surface area contributed by atoms with Gasteiger partial charge in [0, 0.05) is 12.5 Å². The molecule has 1 heterocycles. The van der Waals surface area contributed by atoms with Crippen LogP contribution in [0.15, 0.2) is 78.9 Å². The maximum atomic E-state index is 11.1. The van der Waals surface area contributed by atoms with Crippen LogP contribution in [-0.4, -0.2) is 41.7 Å². The van der Waals surface area contributed by atoms with Gasteiger partial charge >= 0.3 is 0 Å². The third-order valence-corrected chi connectivity index (χ3v) is 20.4. The molecular formula is C36H52O5Si2. The number of fused-ring (bicyclic) bond motifs is 1. The molecule has 0 saturated carbocycles. The van der Waals surface area contributed by atoms with Gasteiger partial charge in [0.05, 0.1) is 12.7 Å². The second-order valence-electron chi connectivity index (χ2n) is 13.9. The van der Waals surface area contributed by atoms with Crippen LogP contribution >= 0.6 is 0 Å². The number of rotatable bonds is 13. The van der Waals surface area contributed by atoms with Crippen molar-refractivity contribution in [3.05, 3.63) is 84.4 Å². The SMILES string of the molecule is CC(C)[Si](O[C@H](c1ccc2c(c1)OCO2)[C@@H](CO)CO[Si](c1ccccc1)(c1ccccc1)C(C)(C)C)(C(C)C)C(C)C. The van der Waals surface area contributed by atoms with Crippen LogP contribution in [0.5, 0.6) is 11.5 Å². The molecule has 0 aliphatic carbocycles. The first-order valence-corrected chi connectivity index (χ1v) is 19.9. The molecule has 0 aromatic heterocycles. The summed E-state index contributed by atoms with van der Waals surface area (Å²) in [6.07, 6.45) is -0.364. The lowest BCUT2D eigenvalue weighted by molar-refractivity contribution is 0.0395. The Labute approximate surface area is 261 Å². The van der Waals surface area contributed by atoms with Crippen LogP contribution in [0.25, 0.3) is 0 Å². The monoisotopic (exact) mass is 620 g/mol. The summed E-state index contributed by atoms with van der Waals surface area (Å²) in [6, 6.07) is 27.4. The van der Waals surface area contributed by atoms with E-state index in [1.54, 1.807) is 0 Å². The largest absolute Gasteiger partial charge is 0.454 e. The third-order valence-electron chi connectivity index (χ3n) is 9.36. The Kier molecular flexibility index (Phi) is 10.7. The number of aliphatic hydroxyl groups excluding tert-OH is 1. The fourth-order valence-electron chi connectivity index (χ4n) is 7.38. The summed E-state index contributed by atoms with van der Waals surface area (Å²) in [5, 5.41) is 13.4. The number of hydrogen-bond acceptors (Lipinski definition) is 5. The van der Waals surface area contributed by atoms with Crippen molar-refractivity contribution in [2.45, 2.75) is 90.1 Å². The van der Waals surface area contributed by atoms with Crippen LogP contribution in [0.4, 0.5) is 0 Å². The van der Waals surface area contributed by atoms with Crippen LogP contribution in [0.1, 0.15) is 74.0 Å². The highest BCUT2D eigenvalue weighted by Gasteiger charge is 2.52. The molecule has 43 heavy (non-hydrogen) atoms. The fraction of sp³-hybridized carbons (Fsp3) is 0.500. The van der Waals surface area contributed by atoms with E-state index in [1.807, 2.05) is 12.1 Å². The van der Waals surface area contributed by atoms with E-state index in [2.05, 4.69) is 129 Å². The molecule has 0 bridgehead atoms. The van der Waals surface area contributed by atoms with Crippen LogP contribution in [0.3, 0.4) is 0 Å². The summed E-state index contributed by atoms with van der Waals surface area (Å²) in [7, 11) is -5.16. The van der Waals surface area contributed by atoms with Gasteiger partial charge < -0.3 is 23.4 Å². The van der Waals surface area contributed by atoms with Gasteiger partial charge in [0.1, 0.15) is 0 Å². The van der Waals surface area contributed by atoms with E-state index in [1.165, 1.54) is 10.4 Å². The average Bonchev–Trinajstić information content (AvgIpc) is 3.44. The van der Waals surface area contributed by atoms with Crippen LogP contribution in [0, 0.1) is 5.92 Å². The Morgan fingerprint density at radius 2 is 1.26 bits per heavy atom. The first kappa shape index (κ1) is 33.5. The van der Waals surface area contributed by atoms with Gasteiger partial charge in [0.25, 0.3) is 8.32 Å². The molecule has 0 spiro atoms. The van der Waals surface area contributed by atoms with Crippen molar-refractivity contribution in [3.63, 3.8) is 0 Å². The molecule has 4 rings (SSSR count). The van der Waals surface area contributed by atoms with E-state index in [4.69, 9.17) is 18.3 Å². The third kappa shape index (κ3) is 6.52. The van der Waals surface area contributed by atoms with Crippen LogP contribution in [0.2, 0.25) is 21.7 Å². The number of hydrogen-bond donors (Lipinski definition) is 1. The minimum Gasteiger partial charge on any atom is -0.454 e. The zero-order valence-electron chi connectivity index (χ0n) is 27.6. The van der Waals surface area contributed by atoms with Crippen LogP contribution < -0.4 is 19.8 Å². The lowest BCUT2D eigenvalue weighted by atomic mass is 9.97. The second-order valence-corrected chi connectivity index (χ2v) is 23.6. The Balaban J connectivity index is 1.83. The lowest BCUT2D eigenvalue weighted by Gasteiger charge is -2.47. The quantitative estimate of drug-likeness (QED) is 0.197. The van der Waals surface area contributed by atoms with Crippen molar-refractivity contribution in [3.8, 4) is 11.5 Å². The minimum absolute atomic E-state index is 0.0594. The summed E-state index contributed by atoms with van der Waals surface area (Å²) >= 11 is 0. The van der Waals surface area contributed by atoms with Gasteiger partial charge in [-0.3, -0.25) is 0 Å². The molecule has 2 atom stereocenters. The van der Waals surface area contributed by atoms with E-state index < -0.39 is 16.6 Å². The predicted octanol–water partition coefficient (Wildman–Crippen LogP) is 7.83. The molecule has 3 aromatic carbocycles. The number of benzene rings is 3. The highest BCUT2D eigenvalue weighted by atomic mass is 28.4. The Bertz CT molecular complexity index is 1240. The van der Waals surface area contributed by atoms with E-state index in [0.29, 0.717) is 23.2 Å². The van der Waals surface area contributed by atoms with E-state index in [-0.39, 0.29) is 30.5 Å². The number of aliphatic hydroxyl groups is 1. The Morgan fingerprint density at radius 1 is 0.744 bits per heavy atom. The molecule has 0 unspecified atom stereocenters. The Hall–Kier alpha value is -2.43. The molecule has 234 valence electrons. The summed E-state index contributed by atoms with van der Waals surface area (Å²) in [4.78, 5) is 0. The smallest absolute Gasteiger partial charge is 0.261 e. The molecule has 0 fully saturated rings. The summed E-state index contributed by atoms with van der Waals surface area (Å²) in [5.74, 6) is 1.18. The van der Waals surface area contributed by atoms with Gasteiger partial charge in [-0.15, -0.1) is 0 Å². The second kappa shape index (κ2) is 13.7. The first-order chi connectivity index (χ1) is 20.4. The molecule has 3 aromatic rings.